The molecule has 0 spiro atoms. The van der Waals surface area contributed by atoms with Gasteiger partial charge >= 0.3 is 0 Å². The highest BCUT2D eigenvalue weighted by Crippen LogP contribution is 2.31. The molecule has 0 aliphatic carbocycles. The van der Waals surface area contributed by atoms with Gasteiger partial charge in [0.1, 0.15) is 5.58 Å². The van der Waals surface area contributed by atoms with Crippen LogP contribution in [0, 0.1) is 0 Å². The molecule has 0 radical (unpaired) electrons. The van der Waals surface area contributed by atoms with Crippen LogP contribution in [0.5, 0.6) is 0 Å². The summed E-state index contributed by atoms with van der Waals surface area (Å²) >= 11 is 1.53. The normalized spacial score (nSPS) is 10.8. The van der Waals surface area contributed by atoms with Crippen molar-refractivity contribution in [1.82, 2.24) is 0 Å². The Labute approximate surface area is 121 Å². The van der Waals surface area contributed by atoms with E-state index in [1.807, 2.05) is 61.5 Å². The third-order valence-electron chi connectivity index (χ3n) is 3.08. The molecule has 3 heteroatoms. The topological polar surface area (TPSA) is 30.2 Å². The molecule has 3 rings (SSSR count). The molecule has 1 aromatic heterocycles. The fourth-order valence-corrected chi connectivity index (χ4v) is 3.00. The molecule has 0 saturated carbocycles. The van der Waals surface area contributed by atoms with E-state index >= 15 is 0 Å². The second kappa shape index (κ2) is 5.55. The quantitative estimate of drug-likeness (QED) is 0.659. The van der Waals surface area contributed by atoms with Gasteiger partial charge in [-0.25, -0.2) is 0 Å². The van der Waals surface area contributed by atoms with Crippen molar-refractivity contribution in [2.75, 3.05) is 5.75 Å². The van der Waals surface area contributed by atoms with Crippen LogP contribution in [0.25, 0.3) is 22.3 Å². The molecule has 0 amide bonds. The number of hydrogen-bond donors (Lipinski definition) is 0. The van der Waals surface area contributed by atoms with Crippen LogP contribution in [0.2, 0.25) is 0 Å². The average Bonchev–Trinajstić information content (AvgIpc) is 2.51. The van der Waals surface area contributed by atoms with Crippen molar-refractivity contribution in [2.24, 2.45) is 0 Å². The largest absolute Gasteiger partial charge is 0.455 e. The average molecular weight is 282 g/mol. The summed E-state index contributed by atoms with van der Waals surface area (Å²) in [5.74, 6) is 1.50. The van der Waals surface area contributed by atoms with Crippen molar-refractivity contribution in [3.63, 3.8) is 0 Å². The van der Waals surface area contributed by atoms with E-state index < -0.39 is 0 Å². The van der Waals surface area contributed by atoms with Gasteiger partial charge in [-0.05, 0) is 17.9 Å². The third-order valence-corrected chi connectivity index (χ3v) is 4.03. The molecule has 1 heterocycles. The van der Waals surface area contributed by atoms with Crippen LogP contribution in [0.15, 0.2) is 68.7 Å². The molecule has 2 aromatic carbocycles. The zero-order valence-corrected chi connectivity index (χ0v) is 11.9. The van der Waals surface area contributed by atoms with Gasteiger partial charge in [-0.15, -0.1) is 11.8 Å². The number of rotatable bonds is 3. The lowest BCUT2D eigenvalue weighted by molar-refractivity contribution is 0.605. The lowest BCUT2D eigenvalue weighted by Crippen LogP contribution is -2.06. The van der Waals surface area contributed by atoms with Crippen molar-refractivity contribution in [3.05, 3.63) is 64.8 Å². The van der Waals surface area contributed by atoms with E-state index in [0.717, 1.165) is 11.3 Å². The van der Waals surface area contributed by atoms with Gasteiger partial charge in [-0.3, -0.25) is 4.79 Å². The second-order valence-corrected chi connectivity index (χ2v) is 5.66. The van der Waals surface area contributed by atoms with Gasteiger partial charge in [-0.2, -0.15) is 0 Å². The monoisotopic (exact) mass is 282 g/mol. The first kappa shape index (κ1) is 13.0. The number of para-hydroxylation sites is 1. The van der Waals surface area contributed by atoms with E-state index in [1.165, 1.54) is 11.8 Å². The minimum absolute atomic E-state index is 0.0533. The van der Waals surface area contributed by atoms with Crippen LogP contribution >= 0.6 is 11.8 Å². The van der Waals surface area contributed by atoms with Crippen molar-refractivity contribution in [3.8, 4) is 11.3 Å². The maximum atomic E-state index is 12.6. The first-order valence-electron chi connectivity index (χ1n) is 6.55. The van der Waals surface area contributed by atoms with Crippen molar-refractivity contribution >= 4 is 22.7 Å². The standard InChI is InChI=1S/C17H14O2S/c1-2-20-17-15(18)13-10-6-7-11-14(13)19-16(17)12-8-4-3-5-9-12/h3-11H,2H2,1H3. The zero-order chi connectivity index (χ0) is 13.9. The molecular weight excluding hydrogens is 268 g/mol. The highest BCUT2D eigenvalue weighted by molar-refractivity contribution is 7.99. The molecule has 0 saturated heterocycles. The Balaban J connectivity index is 2.35. The number of fused-ring (bicyclic) bond motifs is 1. The summed E-state index contributed by atoms with van der Waals surface area (Å²) in [4.78, 5) is 13.3. The van der Waals surface area contributed by atoms with Gasteiger partial charge < -0.3 is 4.42 Å². The zero-order valence-electron chi connectivity index (χ0n) is 11.1. The van der Waals surface area contributed by atoms with Crippen molar-refractivity contribution in [1.29, 1.82) is 0 Å². The van der Waals surface area contributed by atoms with Gasteiger partial charge in [0, 0.05) is 5.56 Å². The molecule has 0 bridgehead atoms. The summed E-state index contributed by atoms with van der Waals surface area (Å²) in [5, 5.41) is 0.642. The Morgan fingerprint density at radius 1 is 1.00 bits per heavy atom. The van der Waals surface area contributed by atoms with Crippen LogP contribution in [-0.4, -0.2) is 5.75 Å². The van der Waals surface area contributed by atoms with Gasteiger partial charge in [0.25, 0.3) is 0 Å². The van der Waals surface area contributed by atoms with Crippen molar-refractivity contribution < 1.29 is 4.42 Å². The summed E-state index contributed by atoms with van der Waals surface area (Å²) < 4.78 is 5.99. The van der Waals surface area contributed by atoms with Crippen LogP contribution in [0.4, 0.5) is 0 Å². The first-order chi connectivity index (χ1) is 9.81. The van der Waals surface area contributed by atoms with Gasteiger partial charge in [0.05, 0.1) is 10.3 Å². The molecule has 0 N–H and O–H groups in total. The van der Waals surface area contributed by atoms with E-state index in [4.69, 9.17) is 4.42 Å². The molecule has 20 heavy (non-hydrogen) atoms. The van der Waals surface area contributed by atoms with E-state index in [2.05, 4.69) is 0 Å². The molecule has 0 unspecified atom stereocenters. The fourth-order valence-electron chi connectivity index (χ4n) is 2.18. The maximum absolute atomic E-state index is 12.6. The van der Waals surface area contributed by atoms with Gasteiger partial charge in [-0.1, -0.05) is 49.4 Å². The second-order valence-electron chi connectivity index (χ2n) is 4.38. The predicted molar refractivity (Wildman–Crippen MR) is 84.3 cm³/mol. The third kappa shape index (κ3) is 2.25. The van der Waals surface area contributed by atoms with Crippen LogP contribution in [0.1, 0.15) is 6.92 Å². The highest BCUT2D eigenvalue weighted by atomic mass is 32.2. The first-order valence-corrected chi connectivity index (χ1v) is 7.54. The molecule has 3 aromatic rings. The van der Waals surface area contributed by atoms with Crippen molar-refractivity contribution in [2.45, 2.75) is 11.8 Å². The molecule has 0 aliphatic rings. The number of hydrogen-bond acceptors (Lipinski definition) is 3. The Morgan fingerprint density at radius 3 is 2.45 bits per heavy atom. The summed E-state index contributed by atoms with van der Waals surface area (Å²) in [6.07, 6.45) is 0. The molecule has 0 atom stereocenters. The van der Waals surface area contributed by atoms with E-state index in [0.29, 0.717) is 21.6 Å². The Kier molecular flexibility index (Phi) is 3.61. The molecule has 0 aliphatic heterocycles. The van der Waals surface area contributed by atoms with Gasteiger partial charge in [0.2, 0.25) is 5.43 Å². The minimum Gasteiger partial charge on any atom is -0.455 e. The van der Waals surface area contributed by atoms with E-state index in [-0.39, 0.29) is 5.43 Å². The van der Waals surface area contributed by atoms with Crippen LogP contribution in [-0.2, 0) is 0 Å². The Morgan fingerprint density at radius 2 is 1.70 bits per heavy atom. The number of thioether (sulfide) groups is 1. The molecular formula is C17H14O2S. The lowest BCUT2D eigenvalue weighted by atomic mass is 10.1. The minimum atomic E-state index is 0.0533. The summed E-state index contributed by atoms with van der Waals surface area (Å²) in [6.45, 7) is 2.04. The smallest absolute Gasteiger partial charge is 0.206 e. The predicted octanol–water partition coefficient (Wildman–Crippen LogP) is 4.57. The highest BCUT2D eigenvalue weighted by Gasteiger charge is 2.15. The molecule has 0 fully saturated rings. The molecule has 2 nitrogen and oxygen atoms in total. The lowest BCUT2D eigenvalue weighted by Gasteiger charge is -2.08. The summed E-state index contributed by atoms with van der Waals surface area (Å²) in [6, 6.07) is 17.2. The summed E-state index contributed by atoms with van der Waals surface area (Å²) in [5.41, 5.74) is 1.63. The maximum Gasteiger partial charge on any atom is 0.206 e. The Hall–Kier alpha value is -2.00. The van der Waals surface area contributed by atoms with E-state index in [9.17, 15) is 4.79 Å². The summed E-state index contributed by atoms with van der Waals surface area (Å²) in [7, 11) is 0. The van der Waals surface area contributed by atoms with E-state index in [1.54, 1.807) is 0 Å². The SMILES string of the molecule is CCSc1c(-c2ccccc2)oc2ccccc2c1=O. The van der Waals surface area contributed by atoms with Gasteiger partial charge in [0.15, 0.2) is 5.76 Å². The fraction of sp³-hybridized carbons (Fsp3) is 0.118. The molecule has 100 valence electrons. The van der Waals surface area contributed by atoms with Crippen LogP contribution < -0.4 is 5.43 Å². The Bertz CT molecular complexity index is 791. The van der Waals surface area contributed by atoms with Crippen LogP contribution in [0.3, 0.4) is 0 Å². The number of benzene rings is 2.